The van der Waals surface area contributed by atoms with Crippen molar-refractivity contribution in [2.45, 2.75) is 32.5 Å². The number of carbonyl (C=O) groups is 2. The minimum Gasteiger partial charge on any atom is -0.458 e. The van der Waals surface area contributed by atoms with Gasteiger partial charge >= 0.3 is 5.97 Å². The first-order chi connectivity index (χ1) is 8.87. The van der Waals surface area contributed by atoms with Gasteiger partial charge in [-0.25, -0.2) is 4.79 Å². The van der Waals surface area contributed by atoms with Crippen molar-refractivity contribution in [3.63, 3.8) is 0 Å². The number of aliphatic hydroxyl groups excluding tert-OH is 1. The van der Waals surface area contributed by atoms with Gasteiger partial charge in [0.1, 0.15) is 6.10 Å². The summed E-state index contributed by atoms with van der Waals surface area (Å²) in [5.41, 5.74) is -0.568. The standard InChI is InChI=1S/C15H18O4/c1-7-6-10-12(8(2)14(18)19-10)13(17)15(3)9(7)4-5-11(15)16/h4-5,7,9-10,12-13,17H,2,6H2,1,3H3/t7-,9+,10-,12+,13+,15+/m1/s1. The lowest BCUT2D eigenvalue weighted by molar-refractivity contribution is -0.140. The monoisotopic (exact) mass is 262 g/mol. The van der Waals surface area contributed by atoms with Crippen LogP contribution in [-0.4, -0.2) is 29.1 Å². The van der Waals surface area contributed by atoms with Crippen LogP contribution in [0.3, 0.4) is 0 Å². The Balaban J connectivity index is 2.08. The minimum atomic E-state index is -0.922. The van der Waals surface area contributed by atoms with Gasteiger partial charge in [-0.15, -0.1) is 0 Å². The second-order valence-corrected chi connectivity index (χ2v) is 6.18. The molecule has 0 radical (unpaired) electrons. The van der Waals surface area contributed by atoms with E-state index in [0.717, 1.165) is 0 Å². The third-order valence-electron chi connectivity index (χ3n) is 5.17. The number of allylic oxidation sites excluding steroid dienone is 2. The number of fused-ring (bicyclic) bond motifs is 2. The molecule has 19 heavy (non-hydrogen) atoms. The topological polar surface area (TPSA) is 63.6 Å². The van der Waals surface area contributed by atoms with E-state index in [1.807, 2.05) is 13.0 Å². The molecule has 4 heteroatoms. The Morgan fingerprint density at radius 3 is 2.84 bits per heavy atom. The second kappa shape index (κ2) is 3.79. The smallest absolute Gasteiger partial charge is 0.334 e. The summed E-state index contributed by atoms with van der Waals surface area (Å²) < 4.78 is 5.31. The van der Waals surface area contributed by atoms with E-state index >= 15 is 0 Å². The van der Waals surface area contributed by atoms with Gasteiger partial charge < -0.3 is 9.84 Å². The van der Waals surface area contributed by atoms with Crippen LogP contribution in [0.5, 0.6) is 0 Å². The van der Waals surface area contributed by atoms with Crippen molar-refractivity contribution in [3.8, 4) is 0 Å². The predicted octanol–water partition coefficient (Wildman–Crippen LogP) is 1.25. The lowest BCUT2D eigenvalue weighted by Crippen LogP contribution is -2.46. The zero-order chi connectivity index (χ0) is 13.9. The fourth-order valence-corrected chi connectivity index (χ4v) is 3.98. The number of rotatable bonds is 0. The molecule has 0 aromatic rings. The van der Waals surface area contributed by atoms with Crippen molar-refractivity contribution in [1.29, 1.82) is 0 Å². The minimum absolute atomic E-state index is 0.00731. The summed E-state index contributed by atoms with van der Waals surface area (Å²) >= 11 is 0. The Kier molecular flexibility index (Phi) is 2.52. The summed E-state index contributed by atoms with van der Waals surface area (Å²) in [6.45, 7) is 7.57. The molecule has 3 aliphatic rings. The molecule has 4 nitrogen and oxygen atoms in total. The Morgan fingerprint density at radius 2 is 2.16 bits per heavy atom. The summed E-state index contributed by atoms with van der Waals surface area (Å²) in [7, 11) is 0. The highest BCUT2D eigenvalue weighted by Gasteiger charge is 2.59. The molecular formula is C15H18O4. The maximum absolute atomic E-state index is 12.2. The third-order valence-corrected chi connectivity index (χ3v) is 5.17. The molecule has 0 aromatic heterocycles. The van der Waals surface area contributed by atoms with Crippen molar-refractivity contribution in [2.75, 3.05) is 0 Å². The lowest BCUT2D eigenvalue weighted by atomic mass is 9.67. The summed E-state index contributed by atoms with van der Waals surface area (Å²) in [6.07, 6.45) is 2.83. The highest BCUT2D eigenvalue weighted by Crippen LogP contribution is 2.52. The average molecular weight is 262 g/mol. The van der Waals surface area contributed by atoms with Crippen LogP contribution < -0.4 is 0 Å². The molecule has 0 bridgehead atoms. The first-order valence-electron chi connectivity index (χ1n) is 6.68. The zero-order valence-electron chi connectivity index (χ0n) is 11.1. The molecule has 2 aliphatic carbocycles. The third kappa shape index (κ3) is 1.43. The summed E-state index contributed by atoms with van der Waals surface area (Å²) in [5.74, 6) is -0.802. The number of ketones is 1. The maximum Gasteiger partial charge on any atom is 0.334 e. The van der Waals surface area contributed by atoms with Crippen LogP contribution in [0.15, 0.2) is 24.3 Å². The van der Waals surface area contributed by atoms with Crippen LogP contribution in [0.1, 0.15) is 20.3 Å². The summed E-state index contributed by atoms with van der Waals surface area (Å²) in [4.78, 5) is 23.9. The maximum atomic E-state index is 12.2. The van der Waals surface area contributed by atoms with Gasteiger partial charge in [0, 0.05) is 5.57 Å². The fourth-order valence-electron chi connectivity index (χ4n) is 3.98. The van der Waals surface area contributed by atoms with Gasteiger partial charge in [0.15, 0.2) is 5.78 Å². The molecule has 1 saturated heterocycles. The van der Waals surface area contributed by atoms with Crippen LogP contribution in [0.4, 0.5) is 0 Å². The first kappa shape index (κ1) is 12.6. The molecule has 0 spiro atoms. The van der Waals surface area contributed by atoms with Gasteiger partial charge in [0.25, 0.3) is 0 Å². The quantitative estimate of drug-likeness (QED) is 0.527. The molecule has 6 atom stereocenters. The predicted molar refractivity (Wildman–Crippen MR) is 68.0 cm³/mol. The number of esters is 1. The molecule has 0 amide bonds. The van der Waals surface area contributed by atoms with Crippen LogP contribution >= 0.6 is 0 Å². The van der Waals surface area contributed by atoms with Gasteiger partial charge in [-0.3, -0.25) is 4.79 Å². The summed E-state index contributed by atoms with van der Waals surface area (Å²) in [5, 5.41) is 10.7. The molecule has 1 heterocycles. The van der Waals surface area contributed by atoms with Gasteiger partial charge in [0.05, 0.1) is 17.4 Å². The number of aliphatic hydroxyl groups is 1. The van der Waals surface area contributed by atoms with Crippen molar-refractivity contribution in [3.05, 3.63) is 24.3 Å². The van der Waals surface area contributed by atoms with Crippen molar-refractivity contribution in [2.24, 2.45) is 23.2 Å². The normalized spacial score (nSPS) is 48.8. The van der Waals surface area contributed by atoms with Gasteiger partial charge in [-0.05, 0) is 31.3 Å². The van der Waals surface area contributed by atoms with Crippen LogP contribution in [0, 0.1) is 23.2 Å². The largest absolute Gasteiger partial charge is 0.458 e. The molecule has 0 aromatic carbocycles. The van der Waals surface area contributed by atoms with E-state index in [9.17, 15) is 14.7 Å². The van der Waals surface area contributed by atoms with E-state index < -0.39 is 23.4 Å². The van der Waals surface area contributed by atoms with E-state index in [-0.39, 0.29) is 23.7 Å². The van der Waals surface area contributed by atoms with E-state index in [1.165, 1.54) is 0 Å². The van der Waals surface area contributed by atoms with Crippen molar-refractivity contribution >= 4 is 11.8 Å². The molecule has 1 aliphatic heterocycles. The van der Waals surface area contributed by atoms with Gasteiger partial charge in [-0.2, -0.15) is 0 Å². The molecule has 3 rings (SSSR count). The molecule has 0 unspecified atom stereocenters. The van der Waals surface area contributed by atoms with Crippen LogP contribution in [0.25, 0.3) is 0 Å². The molecule has 102 valence electrons. The lowest BCUT2D eigenvalue weighted by Gasteiger charge is -2.37. The van der Waals surface area contributed by atoms with E-state index in [4.69, 9.17) is 4.74 Å². The molecule has 1 N–H and O–H groups in total. The Morgan fingerprint density at radius 1 is 1.47 bits per heavy atom. The fraction of sp³-hybridized carbons (Fsp3) is 0.600. The van der Waals surface area contributed by atoms with Crippen molar-refractivity contribution in [1.82, 2.24) is 0 Å². The second-order valence-electron chi connectivity index (χ2n) is 6.18. The average Bonchev–Trinajstić information content (AvgIpc) is 2.77. The van der Waals surface area contributed by atoms with Gasteiger partial charge in [0.2, 0.25) is 0 Å². The first-order valence-corrected chi connectivity index (χ1v) is 6.68. The highest BCUT2D eigenvalue weighted by atomic mass is 16.6. The molecular weight excluding hydrogens is 244 g/mol. The SMILES string of the molecule is C=C1C(=O)O[C@@H]2C[C@@H](C)[C@@H]3C=CC(=O)[C@@]3(C)[C@@H](O)[C@@H]12. The molecule has 2 fully saturated rings. The number of carbonyl (C=O) groups excluding carboxylic acids is 2. The van der Waals surface area contributed by atoms with Crippen LogP contribution in [-0.2, 0) is 14.3 Å². The molecule has 1 saturated carbocycles. The highest BCUT2D eigenvalue weighted by molar-refractivity contribution is 5.99. The number of hydrogen-bond acceptors (Lipinski definition) is 4. The Hall–Kier alpha value is -1.42. The number of hydrogen-bond donors (Lipinski definition) is 1. The van der Waals surface area contributed by atoms with Crippen LogP contribution in [0.2, 0.25) is 0 Å². The van der Waals surface area contributed by atoms with E-state index in [0.29, 0.717) is 12.0 Å². The Bertz CT molecular complexity index is 506. The van der Waals surface area contributed by atoms with Crippen molar-refractivity contribution < 1.29 is 19.4 Å². The Labute approximate surface area is 112 Å². The van der Waals surface area contributed by atoms with E-state index in [2.05, 4.69) is 6.58 Å². The summed E-state index contributed by atoms with van der Waals surface area (Å²) in [6, 6.07) is 0. The number of ether oxygens (including phenoxy) is 1. The van der Waals surface area contributed by atoms with E-state index in [1.54, 1.807) is 13.0 Å². The zero-order valence-corrected chi connectivity index (χ0v) is 11.1. The van der Waals surface area contributed by atoms with Gasteiger partial charge in [-0.1, -0.05) is 19.6 Å².